The summed E-state index contributed by atoms with van der Waals surface area (Å²) >= 11 is 0. The largest absolute Gasteiger partial charge is 0.497 e. The molecule has 0 saturated heterocycles. The summed E-state index contributed by atoms with van der Waals surface area (Å²) in [6.07, 6.45) is 9.65. The number of nitrogens with zero attached hydrogens (tertiary/aromatic N) is 2. The van der Waals surface area contributed by atoms with E-state index in [1.807, 2.05) is 6.07 Å². The SMILES string of the molecule is CCCCc1ccc2c3c4[n+](ccc13)C(CC)(CC)c1c([n+]3ccccc3c3cc(OC)ccc13)-c1ccc(F)c(c1-4)C2C. The van der Waals surface area contributed by atoms with E-state index in [-0.39, 0.29) is 17.3 Å². The van der Waals surface area contributed by atoms with Crippen molar-refractivity contribution in [3.63, 3.8) is 0 Å². The van der Waals surface area contributed by atoms with Crippen molar-refractivity contribution in [2.45, 2.75) is 71.3 Å². The third-order valence-electron chi connectivity index (χ3n) is 10.8. The molecule has 8 rings (SSSR count). The van der Waals surface area contributed by atoms with Crippen LogP contribution in [0.4, 0.5) is 4.39 Å². The van der Waals surface area contributed by atoms with E-state index in [9.17, 15) is 0 Å². The van der Waals surface area contributed by atoms with Crippen LogP contribution in [-0.4, -0.2) is 7.11 Å². The zero-order valence-corrected chi connectivity index (χ0v) is 26.3. The van der Waals surface area contributed by atoms with E-state index < -0.39 is 0 Å². The van der Waals surface area contributed by atoms with Crippen LogP contribution in [-0.2, 0) is 12.0 Å². The van der Waals surface area contributed by atoms with Crippen LogP contribution in [0.15, 0.2) is 79.1 Å². The number of hydrogen-bond donors (Lipinski definition) is 0. The molecule has 1 aliphatic heterocycles. The first kappa shape index (κ1) is 27.3. The monoisotopic (exact) mass is 582 g/mol. The van der Waals surface area contributed by atoms with Crippen molar-refractivity contribution in [3.8, 4) is 28.3 Å². The second-order valence-electron chi connectivity index (χ2n) is 12.7. The molecule has 0 radical (unpaired) electrons. The smallest absolute Gasteiger partial charge is 0.230 e. The molecule has 0 spiro atoms. The van der Waals surface area contributed by atoms with Crippen molar-refractivity contribution < 1.29 is 18.1 Å². The lowest BCUT2D eigenvalue weighted by molar-refractivity contribution is -0.744. The average molecular weight is 583 g/mol. The quantitative estimate of drug-likeness (QED) is 0.141. The first-order valence-corrected chi connectivity index (χ1v) is 16.3. The van der Waals surface area contributed by atoms with Gasteiger partial charge in [0.2, 0.25) is 16.9 Å². The molecule has 3 nitrogen and oxygen atoms in total. The Morgan fingerprint density at radius 2 is 1.70 bits per heavy atom. The molecule has 6 aromatic rings. The van der Waals surface area contributed by atoms with Crippen LogP contribution in [0, 0.1) is 5.82 Å². The molecule has 220 valence electrons. The van der Waals surface area contributed by atoms with E-state index in [4.69, 9.17) is 4.74 Å². The van der Waals surface area contributed by atoms with Gasteiger partial charge in [0.25, 0.3) is 0 Å². The zero-order valence-electron chi connectivity index (χ0n) is 26.3. The summed E-state index contributed by atoms with van der Waals surface area (Å²) in [7, 11) is 1.73. The van der Waals surface area contributed by atoms with Crippen molar-refractivity contribution in [1.82, 2.24) is 0 Å². The van der Waals surface area contributed by atoms with Gasteiger partial charge in [-0.25, -0.2) is 4.39 Å². The predicted octanol–water partition coefficient (Wildman–Crippen LogP) is 9.19. The van der Waals surface area contributed by atoms with Gasteiger partial charge < -0.3 is 4.74 Å². The Morgan fingerprint density at radius 3 is 2.48 bits per heavy atom. The van der Waals surface area contributed by atoms with Crippen molar-refractivity contribution >= 4 is 27.1 Å². The summed E-state index contributed by atoms with van der Waals surface area (Å²) in [5.74, 6) is 0.661. The van der Waals surface area contributed by atoms with Crippen LogP contribution in [0.2, 0.25) is 0 Å². The number of aryl methyl sites for hydroxylation is 1. The van der Waals surface area contributed by atoms with Gasteiger partial charge in [0.05, 0.1) is 29.0 Å². The summed E-state index contributed by atoms with van der Waals surface area (Å²) in [4.78, 5) is 0. The summed E-state index contributed by atoms with van der Waals surface area (Å²) in [5.41, 5.74) is 9.97. The van der Waals surface area contributed by atoms with Crippen molar-refractivity contribution in [2.75, 3.05) is 7.11 Å². The fourth-order valence-corrected chi connectivity index (χ4v) is 8.64. The van der Waals surface area contributed by atoms with Crippen LogP contribution in [0.25, 0.3) is 49.6 Å². The number of unbranched alkanes of at least 4 members (excludes halogenated alkanes) is 1. The first-order valence-electron chi connectivity index (χ1n) is 16.3. The second-order valence-corrected chi connectivity index (χ2v) is 12.7. The third kappa shape index (κ3) is 3.37. The maximum atomic E-state index is 16.3. The van der Waals surface area contributed by atoms with Crippen LogP contribution in [0.1, 0.15) is 81.5 Å². The minimum Gasteiger partial charge on any atom is -0.497 e. The summed E-state index contributed by atoms with van der Waals surface area (Å²) in [5, 5.41) is 4.99. The minimum absolute atomic E-state index is 0.0591. The molecule has 3 aromatic carbocycles. The number of halogens is 1. The van der Waals surface area contributed by atoms with E-state index in [1.54, 1.807) is 13.2 Å². The lowest BCUT2D eigenvalue weighted by Crippen LogP contribution is -2.58. The Labute approximate surface area is 258 Å². The molecule has 4 heteroatoms. The first-order chi connectivity index (χ1) is 21.5. The molecule has 0 N–H and O–H groups in total. The van der Waals surface area contributed by atoms with Crippen molar-refractivity contribution in [1.29, 1.82) is 0 Å². The molecule has 0 amide bonds. The minimum atomic E-state index is -0.368. The van der Waals surface area contributed by atoms with E-state index in [0.29, 0.717) is 0 Å². The molecule has 1 unspecified atom stereocenters. The van der Waals surface area contributed by atoms with E-state index in [0.717, 1.165) is 71.1 Å². The van der Waals surface area contributed by atoms with Gasteiger partial charge in [-0.3, -0.25) is 0 Å². The Hall–Kier alpha value is -4.31. The number of rotatable bonds is 6. The van der Waals surface area contributed by atoms with Crippen molar-refractivity contribution in [2.24, 2.45) is 0 Å². The number of hydrogen-bond acceptors (Lipinski definition) is 1. The van der Waals surface area contributed by atoms with Crippen LogP contribution < -0.4 is 13.7 Å². The number of pyridine rings is 3. The molecule has 0 fully saturated rings. The number of ether oxygens (including phenoxy) is 1. The molecular weight excluding hydrogens is 543 g/mol. The van der Waals surface area contributed by atoms with E-state index in [1.165, 1.54) is 38.5 Å². The molecule has 0 saturated carbocycles. The zero-order chi connectivity index (χ0) is 30.3. The second kappa shape index (κ2) is 9.85. The topological polar surface area (TPSA) is 17.2 Å². The molecular formula is C40H39FN2O+2. The van der Waals surface area contributed by atoms with Gasteiger partial charge in [-0.2, -0.15) is 8.97 Å². The number of aromatic nitrogens is 2. The van der Waals surface area contributed by atoms with Crippen LogP contribution in [0.3, 0.4) is 0 Å². The van der Waals surface area contributed by atoms with Gasteiger partial charge in [-0.15, -0.1) is 0 Å². The Balaban J connectivity index is 1.66. The fourth-order valence-electron chi connectivity index (χ4n) is 8.64. The highest BCUT2D eigenvalue weighted by molar-refractivity contribution is 6.06. The molecule has 2 aliphatic rings. The Morgan fingerprint density at radius 1 is 0.864 bits per heavy atom. The van der Waals surface area contributed by atoms with Gasteiger partial charge in [-0.1, -0.05) is 46.2 Å². The van der Waals surface area contributed by atoms with Gasteiger partial charge in [0.1, 0.15) is 17.1 Å². The van der Waals surface area contributed by atoms with Crippen LogP contribution >= 0.6 is 0 Å². The number of benzene rings is 3. The molecule has 1 aliphatic carbocycles. The van der Waals surface area contributed by atoms with Crippen LogP contribution in [0.5, 0.6) is 5.75 Å². The lowest BCUT2D eigenvalue weighted by atomic mass is 9.76. The molecule has 3 aromatic heterocycles. The lowest BCUT2D eigenvalue weighted by Gasteiger charge is -2.31. The van der Waals surface area contributed by atoms with E-state index >= 15 is 4.39 Å². The molecule has 4 heterocycles. The van der Waals surface area contributed by atoms with Crippen molar-refractivity contribution in [3.05, 3.63) is 107 Å². The Kier molecular flexibility index (Phi) is 6.10. The Bertz CT molecular complexity index is 2160. The molecule has 44 heavy (non-hydrogen) atoms. The van der Waals surface area contributed by atoms with Gasteiger partial charge >= 0.3 is 0 Å². The highest BCUT2D eigenvalue weighted by Crippen LogP contribution is 2.54. The normalized spacial score (nSPS) is 15.9. The summed E-state index contributed by atoms with van der Waals surface area (Å²) in [6, 6.07) is 23.6. The average Bonchev–Trinajstić information content (AvgIpc) is 3.17. The van der Waals surface area contributed by atoms with E-state index in [2.05, 4.69) is 104 Å². The maximum absolute atomic E-state index is 16.3. The van der Waals surface area contributed by atoms with Gasteiger partial charge in [0.15, 0.2) is 17.9 Å². The maximum Gasteiger partial charge on any atom is 0.230 e. The fraction of sp³-hybridized carbons (Fsp3) is 0.300. The number of fused-ring (bicyclic) bond motifs is 7. The van der Waals surface area contributed by atoms with Gasteiger partial charge in [0, 0.05) is 47.9 Å². The predicted molar refractivity (Wildman–Crippen MR) is 176 cm³/mol. The highest BCUT2D eigenvalue weighted by atomic mass is 19.1. The molecule has 0 bridgehead atoms. The number of methoxy groups -OCH3 is 1. The third-order valence-corrected chi connectivity index (χ3v) is 10.8. The summed E-state index contributed by atoms with van der Waals surface area (Å²) < 4.78 is 26.9. The van der Waals surface area contributed by atoms with Gasteiger partial charge in [-0.05, 0) is 65.8 Å². The standard InChI is InChI=1S/C40H39FN2O/c1-6-9-12-25-14-16-27-24(4)34-32(41)19-18-30-36(34)39-35(27)28(25)20-22-43(39)40(7-2,8-3)37-29-17-15-26(44-5)23-31(29)33-13-10-11-21-42(33)38(30)37/h10-11,13-24H,6-9,12H2,1-5H3/q+2. The highest BCUT2D eigenvalue weighted by Gasteiger charge is 2.52. The summed E-state index contributed by atoms with van der Waals surface area (Å²) in [6.45, 7) is 9.07. The molecule has 1 atom stereocenters.